The number of aliphatic carboxylic acids is 1. The van der Waals surface area contributed by atoms with Crippen LogP contribution >= 0.6 is 0 Å². The van der Waals surface area contributed by atoms with Crippen molar-refractivity contribution in [1.82, 2.24) is 0 Å². The first kappa shape index (κ1) is 11.2. The van der Waals surface area contributed by atoms with E-state index in [-0.39, 0.29) is 11.8 Å². The molecule has 0 saturated heterocycles. The van der Waals surface area contributed by atoms with Crippen molar-refractivity contribution in [2.24, 2.45) is 11.8 Å². The molecule has 0 radical (unpaired) electrons. The van der Waals surface area contributed by atoms with Gasteiger partial charge in [-0.25, -0.2) is 0 Å². The van der Waals surface area contributed by atoms with Gasteiger partial charge in [-0.05, 0) is 36.7 Å². The van der Waals surface area contributed by atoms with E-state index in [0.717, 1.165) is 19.3 Å². The van der Waals surface area contributed by atoms with Crippen molar-refractivity contribution in [3.63, 3.8) is 0 Å². The molecule has 16 heavy (non-hydrogen) atoms. The highest BCUT2D eigenvalue weighted by atomic mass is 16.4. The minimum absolute atomic E-state index is 0.139. The number of hydrogen-bond acceptors (Lipinski definition) is 1. The number of carboxylic acid groups (broad SMARTS) is 1. The first-order chi connectivity index (χ1) is 7.68. The van der Waals surface area contributed by atoms with Crippen LogP contribution in [0.3, 0.4) is 0 Å². The molecule has 0 unspecified atom stereocenters. The Kier molecular flexibility index (Phi) is 3.28. The van der Waals surface area contributed by atoms with Crippen molar-refractivity contribution in [3.8, 4) is 0 Å². The Balaban J connectivity index is 2.05. The summed E-state index contributed by atoms with van der Waals surface area (Å²) in [7, 11) is 0. The second-order valence-corrected chi connectivity index (χ2v) is 4.84. The Morgan fingerprint density at radius 1 is 1.25 bits per heavy atom. The number of rotatable bonds is 2. The molecule has 0 amide bonds. The molecule has 2 rings (SSSR count). The fourth-order valence-electron chi connectivity index (χ4n) is 2.79. The normalized spacial score (nSPS) is 29.9. The summed E-state index contributed by atoms with van der Waals surface area (Å²) in [5.74, 6) is 0.0715. The number of carboxylic acids is 1. The molecule has 86 valence electrons. The van der Waals surface area contributed by atoms with E-state index in [0.29, 0.717) is 5.92 Å². The van der Waals surface area contributed by atoms with Crippen LogP contribution in [0.4, 0.5) is 0 Å². The summed E-state index contributed by atoms with van der Waals surface area (Å²) in [6.45, 7) is 2.06. The summed E-state index contributed by atoms with van der Waals surface area (Å²) in [6, 6.07) is 10.4. The molecular weight excluding hydrogens is 200 g/mol. The SMILES string of the molecule is C[C@@H]1C[C@H](c2ccccc2)CC[C@H]1C(=O)O. The van der Waals surface area contributed by atoms with E-state index in [2.05, 4.69) is 31.2 Å². The Labute approximate surface area is 96.3 Å². The Morgan fingerprint density at radius 2 is 1.94 bits per heavy atom. The van der Waals surface area contributed by atoms with Crippen LogP contribution in [-0.4, -0.2) is 11.1 Å². The summed E-state index contributed by atoms with van der Waals surface area (Å²) < 4.78 is 0. The zero-order chi connectivity index (χ0) is 11.5. The van der Waals surface area contributed by atoms with Gasteiger partial charge in [-0.1, -0.05) is 37.3 Å². The van der Waals surface area contributed by atoms with Crippen LogP contribution in [0.2, 0.25) is 0 Å². The monoisotopic (exact) mass is 218 g/mol. The maximum atomic E-state index is 11.0. The standard InChI is InChI=1S/C14H18O2/c1-10-9-12(7-8-13(10)14(15)16)11-5-3-2-4-6-11/h2-6,10,12-13H,7-9H2,1H3,(H,15,16)/t10-,12-,13-/m1/s1. The summed E-state index contributed by atoms with van der Waals surface area (Å²) in [5, 5.41) is 9.07. The average molecular weight is 218 g/mol. The smallest absolute Gasteiger partial charge is 0.306 e. The second-order valence-electron chi connectivity index (χ2n) is 4.84. The fraction of sp³-hybridized carbons (Fsp3) is 0.500. The van der Waals surface area contributed by atoms with Crippen molar-refractivity contribution < 1.29 is 9.90 Å². The fourth-order valence-corrected chi connectivity index (χ4v) is 2.79. The maximum Gasteiger partial charge on any atom is 0.306 e. The molecule has 2 heteroatoms. The summed E-state index contributed by atoms with van der Waals surface area (Å²) in [5.41, 5.74) is 1.36. The second kappa shape index (κ2) is 4.69. The first-order valence-electron chi connectivity index (χ1n) is 5.96. The van der Waals surface area contributed by atoms with Gasteiger partial charge in [0.05, 0.1) is 5.92 Å². The number of carbonyl (C=O) groups is 1. The number of benzene rings is 1. The topological polar surface area (TPSA) is 37.3 Å². The van der Waals surface area contributed by atoms with E-state index in [1.165, 1.54) is 5.56 Å². The summed E-state index contributed by atoms with van der Waals surface area (Å²) in [6.07, 6.45) is 2.82. The zero-order valence-corrected chi connectivity index (χ0v) is 9.60. The maximum absolute atomic E-state index is 11.0. The largest absolute Gasteiger partial charge is 0.481 e. The molecule has 0 aliphatic heterocycles. The molecule has 1 aliphatic carbocycles. The molecular formula is C14H18O2. The van der Waals surface area contributed by atoms with Crippen LogP contribution in [0.5, 0.6) is 0 Å². The average Bonchev–Trinajstić information content (AvgIpc) is 2.29. The third kappa shape index (κ3) is 2.26. The Morgan fingerprint density at radius 3 is 2.50 bits per heavy atom. The molecule has 0 spiro atoms. The van der Waals surface area contributed by atoms with Gasteiger partial charge in [-0.15, -0.1) is 0 Å². The van der Waals surface area contributed by atoms with Crippen molar-refractivity contribution in [3.05, 3.63) is 35.9 Å². The molecule has 1 aliphatic rings. The van der Waals surface area contributed by atoms with Crippen molar-refractivity contribution >= 4 is 5.97 Å². The molecule has 3 atom stereocenters. The minimum atomic E-state index is -0.626. The molecule has 1 saturated carbocycles. The Bertz CT molecular complexity index is 358. The lowest BCUT2D eigenvalue weighted by Crippen LogP contribution is -2.28. The molecule has 1 fully saturated rings. The van der Waals surface area contributed by atoms with Gasteiger partial charge in [-0.3, -0.25) is 4.79 Å². The molecule has 1 aromatic rings. The van der Waals surface area contributed by atoms with E-state index < -0.39 is 5.97 Å². The van der Waals surface area contributed by atoms with Gasteiger partial charge in [-0.2, -0.15) is 0 Å². The molecule has 0 aromatic heterocycles. The minimum Gasteiger partial charge on any atom is -0.481 e. The third-order valence-electron chi connectivity index (χ3n) is 3.76. The van der Waals surface area contributed by atoms with E-state index in [1.54, 1.807) is 0 Å². The predicted molar refractivity (Wildman–Crippen MR) is 63.3 cm³/mol. The van der Waals surface area contributed by atoms with Crippen LogP contribution < -0.4 is 0 Å². The zero-order valence-electron chi connectivity index (χ0n) is 9.60. The van der Waals surface area contributed by atoms with Gasteiger partial charge >= 0.3 is 5.97 Å². The summed E-state index contributed by atoms with van der Waals surface area (Å²) in [4.78, 5) is 11.0. The first-order valence-corrected chi connectivity index (χ1v) is 5.96. The Hall–Kier alpha value is -1.31. The van der Waals surface area contributed by atoms with Crippen LogP contribution in [0, 0.1) is 11.8 Å². The highest BCUT2D eigenvalue weighted by Crippen LogP contribution is 2.39. The van der Waals surface area contributed by atoms with Gasteiger partial charge in [0.15, 0.2) is 0 Å². The van der Waals surface area contributed by atoms with E-state index in [1.807, 2.05) is 6.07 Å². The van der Waals surface area contributed by atoms with E-state index in [9.17, 15) is 4.79 Å². The molecule has 0 heterocycles. The lowest BCUT2D eigenvalue weighted by Gasteiger charge is -2.32. The number of hydrogen-bond donors (Lipinski definition) is 1. The van der Waals surface area contributed by atoms with Gasteiger partial charge < -0.3 is 5.11 Å². The lowest BCUT2D eigenvalue weighted by atomic mass is 9.73. The third-order valence-corrected chi connectivity index (χ3v) is 3.76. The molecule has 0 bridgehead atoms. The summed E-state index contributed by atoms with van der Waals surface area (Å²) >= 11 is 0. The van der Waals surface area contributed by atoms with E-state index >= 15 is 0 Å². The van der Waals surface area contributed by atoms with Crippen molar-refractivity contribution in [2.45, 2.75) is 32.1 Å². The van der Waals surface area contributed by atoms with Gasteiger partial charge in [0.1, 0.15) is 0 Å². The van der Waals surface area contributed by atoms with Crippen molar-refractivity contribution in [2.75, 3.05) is 0 Å². The van der Waals surface area contributed by atoms with Crippen LogP contribution in [0.15, 0.2) is 30.3 Å². The molecule has 1 aromatic carbocycles. The van der Waals surface area contributed by atoms with Crippen LogP contribution in [0.25, 0.3) is 0 Å². The predicted octanol–water partition coefficient (Wildman–Crippen LogP) is 3.29. The lowest BCUT2D eigenvalue weighted by molar-refractivity contribution is -0.144. The van der Waals surface area contributed by atoms with E-state index in [4.69, 9.17) is 5.11 Å². The highest BCUT2D eigenvalue weighted by molar-refractivity contribution is 5.70. The molecule has 1 N–H and O–H groups in total. The van der Waals surface area contributed by atoms with Gasteiger partial charge in [0, 0.05) is 0 Å². The molecule has 2 nitrogen and oxygen atoms in total. The van der Waals surface area contributed by atoms with Crippen molar-refractivity contribution in [1.29, 1.82) is 0 Å². The van der Waals surface area contributed by atoms with Gasteiger partial charge in [0.2, 0.25) is 0 Å². The van der Waals surface area contributed by atoms with Crippen LogP contribution in [0.1, 0.15) is 37.7 Å². The highest BCUT2D eigenvalue weighted by Gasteiger charge is 2.32. The quantitative estimate of drug-likeness (QED) is 0.827. The van der Waals surface area contributed by atoms with Crippen LogP contribution in [-0.2, 0) is 4.79 Å². The van der Waals surface area contributed by atoms with Gasteiger partial charge in [0.25, 0.3) is 0 Å².